The van der Waals surface area contributed by atoms with Gasteiger partial charge in [0, 0.05) is 10.9 Å². The number of carbonyl (C=O) groups excluding carboxylic acids is 1. The van der Waals surface area contributed by atoms with E-state index in [4.69, 9.17) is 5.73 Å². The molecule has 0 bridgehead atoms. The van der Waals surface area contributed by atoms with E-state index in [2.05, 4.69) is 15.6 Å². The van der Waals surface area contributed by atoms with E-state index in [9.17, 15) is 4.79 Å². The van der Waals surface area contributed by atoms with E-state index < -0.39 is 0 Å². The van der Waals surface area contributed by atoms with Crippen molar-refractivity contribution >= 4 is 29.7 Å². The first-order chi connectivity index (χ1) is 10.3. The molecule has 2 unspecified atom stereocenters. The summed E-state index contributed by atoms with van der Waals surface area (Å²) in [5, 5.41) is 13.0. The zero-order valence-electron chi connectivity index (χ0n) is 12.1. The summed E-state index contributed by atoms with van der Waals surface area (Å²) in [5.74, 6) is 0.230. The van der Waals surface area contributed by atoms with E-state index in [0.717, 1.165) is 19.3 Å². The Kier molecular flexibility index (Phi) is 5.93. The lowest BCUT2D eigenvalue weighted by Crippen LogP contribution is -2.40. The van der Waals surface area contributed by atoms with Crippen LogP contribution in [0, 0.1) is 5.92 Å². The zero-order valence-corrected chi connectivity index (χ0v) is 13.8. The second kappa shape index (κ2) is 7.71. The van der Waals surface area contributed by atoms with Gasteiger partial charge in [0.2, 0.25) is 0 Å². The SMILES string of the molecule is Cl.NCC1CCCC1NC(=O)c1cn(Cc2cccs2)nn1. The Balaban J connectivity index is 0.00000176. The smallest absolute Gasteiger partial charge is 0.273 e. The molecule has 0 aliphatic heterocycles. The van der Waals surface area contributed by atoms with Gasteiger partial charge < -0.3 is 11.1 Å². The first-order valence-electron chi connectivity index (χ1n) is 7.19. The topological polar surface area (TPSA) is 85.8 Å². The molecule has 2 aromatic rings. The third kappa shape index (κ3) is 3.85. The van der Waals surface area contributed by atoms with Gasteiger partial charge in [-0.1, -0.05) is 17.7 Å². The first kappa shape index (κ1) is 16.9. The zero-order chi connectivity index (χ0) is 14.7. The predicted octanol–water partition coefficient (Wildman–Crippen LogP) is 1.67. The number of amides is 1. The molecule has 1 amide bonds. The monoisotopic (exact) mass is 341 g/mol. The summed E-state index contributed by atoms with van der Waals surface area (Å²) in [7, 11) is 0. The van der Waals surface area contributed by atoms with Crippen LogP contribution in [0.15, 0.2) is 23.7 Å². The van der Waals surface area contributed by atoms with Crippen molar-refractivity contribution in [2.24, 2.45) is 11.7 Å². The van der Waals surface area contributed by atoms with E-state index in [1.165, 1.54) is 4.88 Å². The van der Waals surface area contributed by atoms with Crippen molar-refractivity contribution in [1.29, 1.82) is 0 Å². The van der Waals surface area contributed by atoms with Gasteiger partial charge in [0.05, 0.1) is 12.7 Å². The maximum atomic E-state index is 12.2. The summed E-state index contributed by atoms with van der Waals surface area (Å²) in [6.07, 6.45) is 4.91. The van der Waals surface area contributed by atoms with Crippen LogP contribution in [-0.2, 0) is 6.54 Å². The summed E-state index contributed by atoms with van der Waals surface area (Å²) in [6.45, 7) is 1.27. The van der Waals surface area contributed by atoms with E-state index in [1.54, 1.807) is 22.2 Å². The minimum absolute atomic E-state index is 0. The number of hydrogen-bond acceptors (Lipinski definition) is 5. The normalized spacial score (nSPS) is 20.6. The Morgan fingerprint density at radius 1 is 1.50 bits per heavy atom. The first-order valence-corrected chi connectivity index (χ1v) is 8.07. The van der Waals surface area contributed by atoms with Crippen LogP contribution >= 0.6 is 23.7 Å². The van der Waals surface area contributed by atoms with Gasteiger partial charge in [-0.3, -0.25) is 4.79 Å². The van der Waals surface area contributed by atoms with Crippen molar-refractivity contribution in [2.45, 2.75) is 31.8 Å². The van der Waals surface area contributed by atoms with Crippen LogP contribution in [0.4, 0.5) is 0 Å². The minimum Gasteiger partial charge on any atom is -0.348 e. The highest BCUT2D eigenvalue weighted by Crippen LogP contribution is 2.24. The van der Waals surface area contributed by atoms with Crippen molar-refractivity contribution in [2.75, 3.05) is 6.54 Å². The average molecular weight is 342 g/mol. The van der Waals surface area contributed by atoms with Gasteiger partial charge in [-0.15, -0.1) is 28.8 Å². The summed E-state index contributed by atoms with van der Waals surface area (Å²) in [6, 6.07) is 4.21. The molecule has 3 rings (SSSR count). The Bertz CT molecular complexity index is 600. The van der Waals surface area contributed by atoms with Gasteiger partial charge in [0.1, 0.15) is 0 Å². The maximum Gasteiger partial charge on any atom is 0.273 e. The van der Waals surface area contributed by atoms with E-state index >= 15 is 0 Å². The van der Waals surface area contributed by atoms with Crippen molar-refractivity contribution in [3.8, 4) is 0 Å². The quantitative estimate of drug-likeness (QED) is 0.866. The van der Waals surface area contributed by atoms with Crippen molar-refractivity contribution in [3.05, 3.63) is 34.3 Å². The van der Waals surface area contributed by atoms with Gasteiger partial charge >= 0.3 is 0 Å². The molecule has 0 spiro atoms. The van der Waals surface area contributed by atoms with Crippen LogP contribution in [0.3, 0.4) is 0 Å². The van der Waals surface area contributed by atoms with Crippen LogP contribution in [0.25, 0.3) is 0 Å². The number of rotatable bonds is 5. The largest absolute Gasteiger partial charge is 0.348 e. The summed E-state index contributed by atoms with van der Waals surface area (Å²) >= 11 is 1.66. The molecule has 6 nitrogen and oxygen atoms in total. The number of aromatic nitrogens is 3. The second-order valence-corrected chi connectivity index (χ2v) is 6.42. The van der Waals surface area contributed by atoms with Gasteiger partial charge in [-0.25, -0.2) is 4.68 Å². The van der Waals surface area contributed by atoms with E-state index in [-0.39, 0.29) is 24.4 Å². The highest BCUT2D eigenvalue weighted by Gasteiger charge is 2.28. The second-order valence-electron chi connectivity index (χ2n) is 5.39. The molecule has 0 saturated heterocycles. The minimum atomic E-state index is -0.155. The fraction of sp³-hybridized carbons (Fsp3) is 0.500. The number of nitrogens with two attached hydrogens (primary N) is 1. The number of nitrogens with one attached hydrogen (secondary N) is 1. The molecule has 1 fully saturated rings. The lowest BCUT2D eigenvalue weighted by atomic mass is 10.0. The van der Waals surface area contributed by atoms with Gasteiger partial charge in [0.15, 0.2) is 5.69 Å². The molecule has 3 N–H and O–H groups in total. The summed E-state index contributed by atoms with van der Waals surface area (Å²) in [4.78, 5) is 13.4. The van der Waals surface area contributed by atoms with Crippen molar-refractivity contribution < 1.29 is 4.79 Å². The number of carbonyl (C=O) groups is 1. The number of halogens is 1. The third-order valence-electron chi connectivity index (χ3n) is 3.95. The molecule has 2 atom stereocenters. The highest BCUT2D eigenvalue weighted by molar-refractivity contribution is 7.09. The van der Waals surface area contributed by atoms with Gasteiger partial charge in [0.25, 0.3) is 5.91 Å². The molecule has 120 valence electrons. The predicted molar refractivity (Wildman–Crippen MR) is 88.3 cm³/mol. The summed E-state index contributed by atoms with van der Waals surface area (Å²) in [5.41, 5.74) is 6.11. The van der Waals surface area contributed by atoms with E-state index in [0.29, 0.717) is 24.7 Å². The Morgan fingerprint density at radius 3 is 3.09 bits per heavy atom. The fourth-order valence-corrected chi connectivity index (χ4v) is 3.49. The molecule has 22 heavy (non-hydrogen) atoms. The molecule has 1 aliphatic rings. The molecule has 1 aliphatic carbocycles. The average Bonchev–Trinajstić information content (AvgIpc) is 3.20. The van der Waals surface area contributed by atoms with E-state index in [1.807, 2.05) is 17.5 Å². The van der Waals surface area contributed by atoms with Crippen LogP contribution in [0.5, 0.6) is 0 Å². The Hall–Kier alpha value is -1.44. The maximum absolute atomic E-state index is 12.2. The lowest BCUT2D eigenvalue weighted by Gasteiger charge is -2.18. The fourth-order valence-electron chi connectivity index (χ4n) is 2.79. The number of thiophene rings is 1. The standard InChI is InChI=1S/C14H19N5OS.ClH/c15-7-10-3-1-5-12(10)16-14(20)13-9-19(18-17-13)8-11-4-2-6-21-11;/h2,4,6,9-10,12H,1,3,5,7-8,15H2,(H,16,20);1H. The van der Waals surface area contributed by atoms with Crippen LogP contribution < -0.4 is 11.1 Å². The van der Waals surface area contributed by atoms with Crippen LogP contribution in [0.1, 0.15) is 34.6 Å². The number of hydrogen-bond donors (Lipinski definition) is 2. The van der Waals surface area contributed by atoms with Crippen LogP contribution in [-0.4, -0.2) is 33.5 Å². The molecule has 2 heterocycles. The molecular weight excluding hydrogens is 322 g/mol. The van der Waals surface area contributed by atoms with Crippen molar-refractivity contribution in [1.82, 2.24) is 20.3 Å². The molecule has 0 aromatic carbocycles. The highest BCUT2D eigenvalue weighted by atomic mass is 35.5. The summed E-state index contributed by atoms with van der Waals surface area (Å²) < 4.78 is 1.69. The molecule has 8 heteroatoms. The third-order valence-corrected chi connectivity index (χ3v) is 4.81. The number of nitrogens with zero attached hydrogens (tertiary/aromatic N) is 3. The van der Waals surface area contributed by atoms with Gasteiger partial charge in [-0.05, 0) is 36.8 Å². The molecular formula is C14H20ClN5OS. The van der Waals surface area contributed by atoms with Gasteiger partial charge in [-0.2, -0.15) is 0 Å². The Morgan fingerprint density at radius 2 is 2.36 bits per heavy atom. The molecule has 0 radical (unpaired) electrons. The lowest BCUT2D eigenvalue weighted by molar-refractivity contribution is 0.0923. The van der Waals surface area contributed by atoms with Crippen LogP contribution in [0.2, 0.25) is 0 Å². The molecule has 2 aromatic heterocycles. The van der Waals surface area contributed by atoms with Crippen molar-refractivity contribution in [3.63, 3.8) is 0 Å². The molecule has 1 saturated carbocycles. The Labute approximate surface area is 139 Å².